The number of nitrogens with zero attached hydrogens (tertiary/aromatic N) is 1. The maximum absolute atomic E-state index is 12.1. The lowest BCUT2D eigenvalue weighted by molar-refractivity contribution is 0.603. The molecule has 0 spiro atoms. The summed E-state index contributed by atoms with van der Waals surface area (Å²) in [5, 5.41) is 5.00. The molecule has 0 fully saturated rings. The maximum atomic E-state index is 12.1. The van der Waals surface area contributed by atoms with Crippen molar-refractivity contribution in [2.45, 2.75) is 17.7 Å². The third-order valence-corrected chi connectivity index (χ3v) is 5.22. The van der Waals surface area contributed by atoms with E-state index in [0.29, 0.717) is 16.6 Å². The molecular weight excluding hydrogens is 282 g/mol. The summed E-state index contributed by atoms with van der Waals surface area (Å²) in [4.78, 5) is 3.95. The number of sulfonamides is 1. The van der Waals surface area contributed by atoms with Gasteiger partial charge in [0.05, 0.1) is 0 Å². The van der Waals surface area contributed by atoms with Gasteiger partial charge in [-0.3, -0.25) is 4.72 Å². The minimum atomic E-state index is -3.54. The van der Waals surface area contributed by atoms with Crippen LogP contribution in [0.1, 0.15) is 12.5 Å². The van der Waals surface area contributed by atoms with Gasteiger partial charge in [-0.1, -0.05) is 13.0 Å². The van der Waals surface area contributed by atoms with E-state index < -0.39 is 10.0 Å². The van der Waals surface area contributed by atoms with Crippen molar-refractivity contribution in [3.63, 3.8) is 0 Å². The SMILES string of the molecule is CCNCc1csc(S(=O)(=O)Nc2ccccn2)c1. The molecule has 2 aromatic rings. The molecule has 2 rings (SSSR count). The van der Waals surface area contributed by atoms with Crippen LogP contribution in [0.25, 0.3) is 0 Å². The summed E-state index contributed by atoms with van der Waals surface area (Å²) in [6.45, 7) is 3.53. The van der Waals surface area contributed by atoms with E-state index in [1.807, 2.05) is 12.3 Å². The van der Waals surface area contributed by atoms with Gasteiger partial charge in [0.2, 0.25) is 0 Å². The van der Waals surface area contributed by atoms with Gasteiger partial charge >= 0.3 is 0 Å². The van der Waals surface area contributed by atoms with E-state index in [2.05, 4.69) is 15.0 Å². The zero-order valence-corrected chi connectivity index (χ0v) is 12.1. The molecule has 0 aromatic carbocycles. The van der Waals surface area contributed by atoms with Crippen LogP contribution >= 0.6 is 11.3 Å². The van der Waals surface area contributed by atoms with Gasteiger partial charge in [-0.15, -0.1) is 11.3 Å². The van der Waals surface area contributed by atoms with Crippen LogP contribution in [0.4, 0.5) is 5.82 Å². The van der Waals surface area contributed by atoms with Crippen molar-refractivity contribution in [2.75, 3.05) is 11.3 Å². The molecule has 0 aliphatic rings. The van der Waals surface area contributed by atoms with Crippen molar-refractivity contribution in [1.29, 1.82) is 0 Å². The van der Waals surface area contributed by atoms with Crippen molar-refractivity contribution >= 4 is 27.2 Å². The minimum absolute atomic E-state index is 0.297. The number of nitrogens with one attached hydrogen (secondary N) is 2. The standard InChI is InChI=1S/C12H15N3O2S2/c1-2-13-8-10-7-12(18-9-10)19(16,17)15-11-5-3-4-6-14-11/h3-7,9,13H,2,8H2,1H3,(H,14,15). The molecule has 0 atom stereocenters. The third-order valence-electron chi connectivity index (χ3n) is 2.38. The summed E-state index contributed by atoms with van der Waals surface area (Å²) in [5.74, 6) is 0.323. The summed E-state index contributed by atoms with van der Waals surface area (Å²) in [6.07, 6.45) is 1.54. The highest BCUT2D eigenvalue weighted by atomic mass is 32.2. The maximum Gasteiger partial charge on any atom is 0.272 e. The van der Waals surface area contributed by atoms with E-state index >= 15 is 0 Å². The molecule has 2 aromatic heterocycles. The predicted octanol–water partition coefficient (Wildman–Crippen LogP) is 2.05. The Morgan fingerprint density at radius 1 is 1.37 bits per heavy atom. The van der Waals surface area contributed by atoms with Crippen LogP contribution in [0.2, 0.25) is 0 Å². The van der Waals surface area contributed by atoms with Gasteiger partial charge in [-0.05, 0) is 35.7 Å². The molecular formula is C12H15N3O2S2. The van der Waals surface area contributed by atoms with Crippen molar-refractivity contribution < 1.29 is 8.42 Å². The molecule has 0 aliphatic carbocycles. The van der Waals surface area contributed by atoms with Crippen molar-refractivity contribution in [1.82, 2.24) is 10.3 Å². The molecule has 0 saturated carbocycles. The highest BCUT2D eigenvalue weighted by Crippen LogP contribution is 2.22. The molecule has 5 nitrogen and oxygen atoms in total. The smallest absolute Gasteiger partial charge is 0.272 e. The van der Waals surface area contributed by atoms with Crippen LogP contribution in [-0.4, -0.2) is 19.9 Å². The Morgan fingerprint density at radius 3 is 2.89 bits per heavy atom. The molecule has 0 amide bonds. The Morgan fingerprint density at radius 2 is 2.21 bits per heavy atom. The van der Waals surface area contributed by atoms with Crippen LogP contribution in [-0.2, 0) is 16.6 Å². The van der Waals surface area contributed by atoms with Gasteiger partial charge in [0.15, 0.2) is 0 Å². The zero-order valence-electron chi connectivity index (χ0n) is 10.5. The monoisotopic (exact) mass is 297 g/mol. The fraction of sp³-hybridized carbons (Fsp3) is 0.250. The summed E-state index contributed by atoms with van der Waals surface area (Å²) >= 11 is 1.21. The second kappa shape index (κ2) is 6.14. The first-order chi connectivity index (χ1) is 9.12. The van der Waals surface area contributed by atoms with Crippen molar-refractivity contribution in [2.24, 2.45) is 0 Å². The number of pyridine rings is 1. The molecule has 102 valence electrons. The van der Waals surface area contributed by atoms with E-state index in [4.69, 9.17) is 0 Å². The van der Waals surface area contributed by atoms with Crippen LogP contribution in [0.3, 0.4) is 0 Å². The highest BCUT2D eigenvalue weighted by Gasteiger charge is 2.17. The first-order valence-corrected chi connectivity index (χ1v) is 8.20. The topological polar surface area (TPSA) is 71.1 Å². The summed E-state index contributed by atoms with van der Waals surface area (Å²) < 4.78 is 27.0. The molecule has 2 heterocycles. The number of hydrogen-bond donors (Lipinski definition) is 2. The quantitative estimate of drug-likeness (QED) is 0.856. The van der Waals surface area contributed by atoms with Crippen LogP contribution in [0.15, 0.2) is 40.1 Å². The molecule has 0 saturated heterocycles. The number of aromatic nitrogens is 1. The molecule has 19 heavy (non-hydrogen) atoms. The van der Waals surface area contributed by atoms with E-state index in [9.17, 15) is 8.42 Å². The number of rotatable bonds is 6. The van der Waals surface area contributed by atoms with Crippen LogP contribution in [0.5, 0.6) is 0 Å². The molecule has 7 heteroatoms. The number of anilines is 1. The Bertz CT molecular complexity index is 623. The fourth-order valence-electron chi connectivity index (χ4n) is 1.47. The summed E-state index contributed by atoms with van der Waals surface area (Å²) in [7, 11) is -3.54. The lowest BCUT2D eigenvalue weighted by Gasteiger charge is -2.04. The van der Waals surface area contributed by atoms with E-state index in [0.717, 1.165) is 12.1 Å². The second-order valence-corrected chi connectivity index (χ2v) is 6.70. The van der Waals surface area contributed by atoms with Crippen LogP contribution < -0.4 is 10.0 Å². The average Bonchev–Trinajstić information content (AvgIpc) is 2.86. The number of hydrogen-bond acceptors (Lipinski definition) is 5. The molecule has 0 bridgehead atoms. The van der Waals surface area contributed by atoms with Crippen molar-refractivity contribution in [3.05, 3.63) is 41.4 Å². The molecule has 0 radical (unpaired) electrons. The largest absolute Gasteiger partial charge is 0.313 e. The second-order valence-electron chi connectivity index (χ2n) is 3.87. The van der Waals surface area contributed by atoms with Gasteiger partial charge in [0.25, 0.3) is 10.0 Å². The molecule has 2 N–H and O–H groups in total. The molecule has 0 unspecified atom stereocenters. The Labute approximate surface area is 116 Å². The zero-order chi connectivity index (χ0) is 13.7. The van der Waals surface area contributed by atoms with Gasteiger partial charge in [0.1, 0.15) is 10.0 Å². The van der Waals surface area contributed by atoms with Crippen LogP contribution in [0, 0.1) is 0 Å². The van der Waals surface area contributed by atoms with E-state index in [-0.39, 0.29) is 0 Å². The van der Waals surface area contributed by atoms with Crippen molar-refractivity contribution in [3.8, 4) is 0 Å². The highest BCUT2D eigenvalue weighted by molar-refractivity contribution is 7.94. The van der Waals surface area contributed by atoms with Gasteiger partial charge in [0, 0.05) is 12.7 Å². The van der Waals surface area contributed by atoms with Gasteiger partial charge in [-0.25, -0.2) is 13.4 Å². The normalized spacial score (nSPS) is 11.4. The Kier molecular flexibility index (Phi) is 4.52. The van der Waals surface area contributed by atoms with Gasteiger partial charge in [-0.2, -0.15) is 0 Å². The molecule has 0 aliphatic heterocycles. The first-order valence-electron chi connectivity index (χ1n) is 5.84. The van der Waals surface area contributed by atoms with E-state index in [1.165, 1.54) is 11.3 Å². The van der Waals surface area contributed by atoms with Gasteiger partial charge < -0.3 is 5.32 Å². The minimum Gasteiger partial charge on any atom is -0.313 e. The van der Waals surface area contributed by atoms with E-state index in [1.54, 1.807) is 30.5 Å². The predicted molar refractivity (Wildman–Crippen MR) is 76.7 cm³/mol. The summed E-state index contributed by atoms with van der Waals surface area (Å²) in [6, 6.07) is 6.76. The Balaban J connectivity index is 2.13. The lowest BCUT2D eigenvalue weighted by Crippen LogP contribution is -2.13. The fourth-order valence-corrected chi connectivity index (χ4v) is 3.68. The lowest BCUT2D eigenvalue weighted by atomic mass is 10.3. The third kappa shape index (κ3) is 3.76. The number of thiophene rings is 1. The summed E-state index contributed by atoms with van der Waals surface area (Å²) in [5.41, 5.74) is 0.966. The average molecular weight is 297 g/mol. The Hall–Kier alpha value is -1.44. The first kappa shape index (κ1) is 14.0.